The van der Waals surface area contributed by atoms with Crippen molar-refractivity contribution in [1.29, 1.82) is 0 Å². The lowest BCUT2D eigenvalue weighted by atomic mass is 9.89. The molecule has 2 rings (SSSR count). The summed E-state index contributed by atoms with van der Waals surface area (Å²) in [6.45, 7) is 0. The van der Waals surface area contributed by atoms with Gasteiger partial charge >= 0.3 is 0 Å². The molecule has 1 aromatic rings. The van der Waals surface area contributed by atoms with Crippen LogP contribution < -0.4 is 5.32 Å². The van der Waals surface area contributed by atoms with E-state index in [2.05, 4.69) is 15.5 Å². The van der Waals surface area contributed by atoms with Crippen LogP contribution in [0.1, 0.15) is 23.3 Å². The predicted molar refractivity (Wildman–Crippen MR) is 47.5 cm³/mol. The number of carbonyl (C=O) groups excluding carboxylic acids is 1. The van der Waals surface area contributed by atoms with Crippen molar-refractivity contribution in [3.63, 3.8) is 0 Å². The maximum Gasteiger partial charge on any atom is 0.273 e. The molecule has 1 saturated carbocycles. The van der Waals surface area contributed by atoms with Gasteiger partial charge in [0.15, 0.2) is 5.69 Å². The molecule has 1 aliphatic carbocycles. The SMILES string of the molecule is Cn1ncc(C(=O)NC2CC(O)C2)n1. The summed E-state index contributed by atoms with van der Waals surface area (Å²) in [4.78, 5) is 12.8. The number of amides is 1. The molecule has 1 fully saturated rings. The minimum Gasteiger partial charge on any atom is -0.393 e. The molecule has 14 heavy (non-hydrogen) atoms. The van der Waals surface area contributed by atoms with E-state index in [0.717, 1.165) is 0 Å². The highest BCUT2D eigenvalue weighted by atomic mass is 16.3. The summed E-state index contributed by atoms with van der Waals surface area (Å²) in [5, 5.41) is 19.5. The first-order valence-corrected chi connectivity index (χ1v) is 4.50. The number of aryl methyl sites for hydroxylation is 1. The summed E-state index contributed by atoms with van der Waals surface area (Å²) in [5.74, 6) is -0.227. The standard InChI is InChI=1S/C8H12N4O2/c1-12-9-4-7(11-12)8(14)10-5-2-6(13)3-5/h4-6,13H,2-3H2,1H3,(H,10,14). The van der Waals surface area contributed by atoms with Crippen LogP contribution in [0.3, 0.4) is 0 Å². The molecule has 6 heteroatoms. The molecule has 1 heterocycles. The Morgan fingerprint density at radius 2 is 2.43 bits per heavy atom. The van der Waals surface area contributed by atoms with E-state index in [4.69, 9.17) is 5.11 Å². The van der Waals surface area contributed by atoms with Crippen LogP contribution in [0.25, 0.3) is 0 Å². The second-order valence-electron chi connectivity index (χ2n) is 3.51. The Morgan fingerprint density at radius 1 is 1.71 bits per heavy atom. The van der Waals surface area contributed by atoms with Crippen LogP contribution in [0.4, 0.5) is 0 Å². The minimum atomic E-state index is -0.262. The van der Waals surface area contributed by atoms with Gasteiger partial charge in [0, 0.05) is 13.1 Å². The van der Waals surface area contributed by atoms with Gasteiger partial charge in [-0.3, -0.25) is 4.79 Å². The second-order valence-corrected chi connectivity index (χ2v) is 3.51. The Labute approximate surface area is 80.9 Å². The van der Waals surface area contributed by atoms with Crippen LogP contribution >= 0.6 is 0 Å². The van der Waals surface area contributed by atoms with Crippen molar-refractivity contribution in [2.75, 3.05) is 0 Å². The number of carbonyl (C=O) groups is 1. The van der Waals surface area contributed by atoms with E-state index in [0.29, 0.717) is 18.5 Å². The van der Waals surface area contributed by atoms with Gasteiger partial charge in [-0.1, -0.05) is 0 Å². The first-order chi connectivity index (χ1) is 6.65. The quantitative estimate of drug-likeness (QED) is 0.640. The summed E-state index contributed by atoms with van der Waals surface area (Å²) in [6, 6.07) is 0.0829. The van der Waals surface area contributed by atoms with Crippen LogP contribution in [-0.4, -0.2) is 38.2 Å². The monoisotopic (exact) mass is 196 g/mol. The van der Waals surface area contributed by atoms with Crippen LogP contribution in [0.15, 0.2) is 6.20 Å². The fraction of sp³-hybridized carbons (Fsp3) is 0.625. The van der Waals surface area contributed by atoms with Gasteiger partial charge in [0.25, 0.3) is 5.91 Å². The van der Waals surface area contributed by atoms with Crippen LogP contribution in [-0.2, 0) is 7.05 Å². The lowest BCUT2D eigenvalue weighted by Gasteiger charge is -2.31. The highest BCUT2D eigenvalue weighted by molar-refractivity contribution is 5.92. The molecule has 6 nitrogen and oxygen atoms in total. The van der Waals surface area contributed by atoms with Gasteiger partial charge in [-0.25, -0.2) is 0 Å². The number of nitrogens with one attached hydrogen (secondary N) is 1. The average molecular weight is 196 g/mol. The molecule has 0 bridgehead atoms. The van der Waals surface area contributed by atoms with Crippen molar-refractivity contribution in [3.05, 3.63) is 11.9 Å². The van der Waals surface area contributed by atoms with Gasteiger partial charge in [0.1, 0.15) is 0 Å². The maximum absolute atomic E-state index is 11.5. The van der Waals surface area contributed by atoms with E-state index in [9.17, 15) is 4.79 Å². The molecule has 0 atom stereocenters. The number of aliphatic hydroxyl groups is 1. The van der Waals surface area contributed by atoms with E-state index in [1.165, 1.54) is 11.0 Å². The molecule has 0 unspecified atom stereocenters. The third kappa shape index (κ3) is 1.74. The molecule has 1 amide bonds. The summed E-state index contributed by atoms with van der Waals surface area (Å²) in [6.07, 6.45) is 2.42. The van der Waals surface area contributed by atoms with Crippen LogP contribution in [0.5, 0.6) is 0 Å². The molecule has 76 valence electrons. The van der Waals surface area contributed by atoms with Crippen molar-refractivity contribution in [1.82, 2.24) is 20.3 Å². The molecule has 0 radical (unpaired) electrons. The Morgan fingerprint density at radius 3 is 2.93 bits per heavy atom. The zero-order valence-electron chi connectivity index (χ0n) is 7.84. The molecule has 0 aromatic carbocycles. The van der Waals surface area contributed by atoms with E-state index in [1.807, 2.05) is 0 Å². The Kier molecular flexibility index (Phi) is 2.20. The van der Waals surface area contributed by atoms with Crippen molar-refractivity contribution < 1.29 is 9.90 Å². The van der Waals surface area contributed by atoms with Crippen molar-refractivity contribution in [2.24, 2.45) is 7.05 Å². The zero-order valence-corrected chi connectivity index (χ0v) is 7.84. The lowest BCUT2D eigenvalue weighted by Crippen LogP contribution is -2.46. The number of aromatic nitrogens is 3. The number of rotatable bonds is 2. The van der Waals surface area contributed by atoms with Gasteiger partial charge in [-0.15, -0.1) is 5.10 Å². The van der Waals surface area contributed by atoms with Crippen LogP contribution in [0.2, 0.25) is 0 Å². The van der Waals surface area contributed by atoms with E-state index in [-0.39, 0.29) is 18.1 Å². The topological polar surface area (TPSA) is 80.0 Å². The van der Waals surface area contributed by atoms with Gasteiger partial charge in [0.2, 0.25) is 0 Å². The summed E-state index contributed by atoms with van der Waals surface area (Å²) >= 11 is 0. The largest absolute Gasteiger partial charge is 0.393 e. The van der Waals surface area contributed by atoms with Gasteiger partial charge in [-0.05, 0) is 12.8 Å². The summed E-state index contributed by atoms with van der Waals surface area (Å²) in [5.41, 5.74) is 0.314. The summed E-state index contributed by atoms with van der Waals surface area (Å²) < 4.78 is 0. The Balaban J connectivity index is 1.90. The average Bonchev–Trinajstić information content (AvgIpc) is 2.49. The molecule has 0 aliphatic heterocycles. The van der Waals surface area contributed by atoms with Crippen molar-refractivity contribution in [2.45, 2.75) is 25.0 Å². The highest BCUT2D eigenvalue weighted by Crippen LogP contribution is 2.19. The summed E-state index contributed by atoms with van der Waals surface area (Å²) in [7, 11) is 1.66. The molecular weight excluding hydrogens is 184 g/mol. The molecule has 0 saturated heterocycles. The second kappa shape index (κ2) is 3.38. The number of nitrogens with zero attached hydrogens (tertiary/aromatic N) is 3. The minimum absolute atomic E-state index is 0.0829. The molecule has 1 aliphatic rings. The van der Waals surface area contributed by atoms with Gasteiger partial charge < -0.3 is 10.4 Å². The first-order valence-electron chi connectivity index (χ1n) is 4.50. The van der Waals surface area contributed by atoms with Crippen molar-refractivity contribution >= 4 is 5.91 Å². The normalized spacial score (nSPS) is 25.6. The molecule has 2 N–H and O–H groups in total. The fourth-order valence-electron chi connectivity index (χ4n) is 1.41. The van der Waals surface area contributed by atoms with E-state index >= 15 is 0 Å². The number of hydrogen-bond acceptors (Lipinski definition) is 4. The van der Waals surface area contributed by atoms with Gasteiger partial charge in [0.05, 0.1) is 12.3 Å². The third-order valence-electron chi connectivity index (χ3n) is 2.28. The lowest BCUT2D eigenvalue weighted by molar-refractivity contribution is 0.0560. The van der Waals surface area contributed by atoms with Crippen molar-refractivity contribution in [3.8, 4) is 0 Å². The third-order valence-corrected chi connectivity index (χ3v) is 2.28. The van der Waals surface area contributed by atoms with Crippen LogP contribution in [0, 0.1) is 0 Å². The Hall–Kier alpha value is -1.43. The molecule has 1 aromatic heterocycles. The maximum atomic E-state index is 11.5. The van der Waals surface area contributed by atoms with Gasteiger partial charge in [-0.2, -0.15) is 9.90 Å². The predicted octanol–water partition coefficient (Wildman–Crippen LogP) is -0.932. The first kappa shape index (κ1) is 9.14. The zero-order chi connectivity index (χ0) is 10.1. The molecule has 0 spiro atoms. The highest BCUT2D eigenvalue weighted by Gasteiger charge is 2.29. The number of aliphatic hydroxyl groups excluding tert-OH is 1. The Bertz CT molecular complexity index is 343. The smallest absolute Gasteiger partial charge is 0.273 e. The molecular formula is C8H12N4O2. The van der Waals surface area contributed by atoms with E-state index in [1.54, 1.807) is 7.05 Å². The fourth-order valence-corrected chi connectivity index (χ4v) is 1.41. The number of hydrogen-bond donors (Lipinski definition) is 2. The van der Waals surface area contributed by atoms with E-state index < -0.39 is 0 Å².